The Bertz CT molecular complexity index is 502. The van der Waals surface area contributed by atoms with Crippen molar-refractivity contribution in [3.05, 3.63) is 12.4 Å². The van der Waals surface area contributed by atoms with Crippen molar-refractivity contribution in [3.63, 3.8) is 0 Å². The largest absolute Gasteiger partial charge is 0.356 e. The highest BCUT2D eigenvalue weighted by Gasteiger charge is 2.24. The van der Waals surface area contributed by atoms with E-state index in [2.05, 4.69) is 43.0 Å². The lowest BCUT2D eigenvalue weighted by Gasteiger charge is -2.33. The van der Waals surface area contributed by atoms with E-state index in [9.17, 15) is 0 Å². The lowest BCUT2D eigenvalue weighted by molar-refractivity contribution is 0.136. The first-order valence-corrected chi connectivity index (χ1v) is 18.5. The van der Waals surface area contributed by atoms with Crippen LogP contribution in [-0.4, -0.2) is 29.1 Å². The molecule has 2 heteroatoms. The van der Waals surface area contributed by atoms with E-state index in [1.807, 2.05) is 0 Å². The first-order valence-electron chi connectivity index (χ1n) is 18.5. The molecule has 0 fully saturated rings. The zero-order valence-corrected chi connectivity index (χ0v) is 27.5. The van der Waals surface area contributed by atoms with Gasteiger partial charge in [-0.1, -0.05) is 181 Å². The third-order valence-electron chi connectivity index (χ3n) is 9.07. The van der Waals surface area contributed by atoms with Crippen LogP contribution in [0.25, 0.3) is 0 Å². The quantitative estimate of drug-likeness (QED) is 0.0798. The van der Waals surface area contributed by atoms with Crippen LogP contribution in [0.5, 0.6) is 0 Å². The highest BCUT2D eigenvalue weighted by Crippen LogP contribution is 2.23. The molecule has 0 aliphatic carbocycles. The normalized spacial score (nSPS) is 15.2. The average molecular weight is 547 g/mol. The number of hydrogen-bond donors (Lipinski definition) is 0. The number of hydrogen-bond acceptors (Lipinski definition) is 2. The van der Waals surface area contributed by atoms with Gasteiger partial charge in [0.05, 0.1) is 0 Å². The van der Waals surface area contributed by atoms with Crippen LogP contribution < -0.4 is 0 Å². The SMILES string of the molecule is CCCCCCCCCCCCCCCCCCN1C=CN(CCCC)C1CCCCCCCCCCCC. The van der Waals surface area contributed by atoms with Crippen molar-refractivity contribution >= 4 is 0 Å². The number of rotatable bonds is 31. The standard InChI is InChI=1S/C37H74N2/c1-4-7-10-12-14-16-18-19-20-21-22-23-25-27-29-31-34-39-36-35-38(33-9-6-3)37(39)32-30-28-26-24-17-15-13-11-8-5-2/h35-37H,4-34H2,1-3H3. The Morgan fingerprint density at radius 1 is 0.333 bits per heavy atom. The van der Waals surface area contributed by atoms with Crippen LogP contribution in [0.2, 0.25) is 0 Å². The molecule has 1 aliphatic rings. The molecular formula is C37H74N2. The summed E-state index contributed by atoms with van der Waals surface area (Å²) in [7, 11) is 0. The summed E-state index contributed by atoms with van der Waals surface area (Å²) in [6.07, 6.45) is 47.0. The zero-order valence-electron chi connectivity index (χ0n) is 27.5. The molecule has 0 N–H and O–H groups in total. The van der Waals surface area contributed by atoms with Crippen molar-refractivity contribution in [2.45, 2.75) is 213 Å². The van der Waals surface area contributed by atoms with Gasteiger partial charge in [0.1, 0.15) is 6.17 Å². The van der Waals surface area contributed by atoms with Crippen molar-refractivity contribution in [1.29, 1.82) is 0 Å². The molecule has 0 radical (unpaired) electrons. The molecule has 0 aromatic heterocycles. The van der Waals surface area contributed by atoms with Crippen LogP contribution in [-0.2, 0) is 0 Å². The van der Waals surface area contributed by atoms with Gasteiger partial charge < -0.3 is 9.80 Å². The summed E-state index contributed by atoms with van der Waals surface area (Å²) >= 11 is 0. The van der Waals surface area contributed by atoms with Crippen molar-refractivity contribution in [2.75, 3.05) is 13.1 Å². The molecule has 2 nitrogen and oxygen atoms in total. The first-order chi connectivity index (χ1) is 19.3. The minimum Gasteiger partial charge on any atom is -0.356 e. The highest BCUT2D eigenvalue weighted by molar-refractivity contribution is 4.96. The van der Waals surface area contributed by atoms with Crippen LogP contribution in [0.15, 0.2) is 12.4 Å². The van der Waals surface area contributed by atoms with Gasteiger partial charge in [0.15, 0.2) is 0 Å². The molecule has 0 saturated carbocycles. The number of nitrogens with zero attached hydrogens (tertiary/aromatic N) is 2. The summed E-state index contributed by atoms with van der Waals surface area (Å²) in [6, 6.07) is 0. The van der Waals surface area contributed by atoms with E-state index in [4.69, 9.17) is 0 Å². The molecule has 39 heavy (non-hydrogen) atoms. The molecule has 1 heterocycles. The lowest BCUT2D eigenvalue weighted by atomic mass is 10.0. The summed E-state index contributed by atoms with van der Waals surface area (Å²) in [4.78, 5) is 5.34. The Morgan fingerprint density at radius 3 is 0.974 bits per heavy atom. The second-order valence-electron chi connectivity index (χ2n) is 12.9. The van der Waals surface area contributed by atoms with Gasteiger partial charge >= 0.3 is 0 Å². The molecule has 1 atom stereocenters. The van der Waals surface area contributed by atoms with Crippen LogP contribution in [0.1, 0.15) is 207 Å². The molecule has 1 unspecified atom stereocenters. The topological polar surface area (TPSA) is 6.48 Å². The van der Waals surface area contributed by atoms with Gasteiger partial charge in [-0.15, -0.1) is 0 Å². The average Bonchev–Trinajstić information content (AvgIpc) is 3.33. The molecule has 0 amide bonds. The van der Waals surface area contributed by atoms with E-state index in [0.717, 1.165) is 0 Å². The van der Waals surface area contributed by atoms with Gasteiger partial charge in [-0.05, 0) is 25.7 Å². The Balaban J connectivity index is 2.03. The monoisotopic (exact) mass is 547 g/mol. The van der Waals surface area contributed by atoms with E-state index in [-0.39, 0.29) is 0 Å². The molecular weight excluding hydrogens is 472 g/mol. The summed E-state index contributed by atoms with van der Waals surface area (Å²) < 4.78 is 0. The summed E-state index contributed by atoms with van der Waals surface area (Å²) in [5, 5.41) is 0. The van der Waals surface area contributed by atoms with Gasteiger partial charge in [-0.2, -0.15) is 0 Å². The van der Waals surface area contributed by atoms with E-state index in [0.29, 0.717) is 6.17 Å². The Kier molecular flexibility index (Phi) is 26.9. The van der Waals surface area contributed by atoms with Crippen LogP contribution in [0.3, 0.4) is 0 Å². The maximum absolute atomic E-state index is 2.69. The third-order valence-corrected chi connectivity index (χ3v) is 9.07. The Hall–Kier alpha value is -0.660. The van der Waals surface area contributed by atoms with E-state index in [1.54, 1.807) is 0 Å². The number of unbranched alkanes of at least 4 members (excludes halogenated alkanes) is 25. The maximum atomic E-state index is 2.69. The fraction of sp³-hybridized carbons (Fsp3) is 0.946. The van der Waals surface area contributed by atoms with Gasteiger partial charge in [0, 0.05) is 25.5 Å². The smallest absolute Gasteiger partial charge is 0.101 e. The zero-order chi connectivity index (χ0) is 28.1. The minimum atomic E-state index is 0.641. The predicted octanol–water partition coefficient (Wildman–Crippen LogP) is 12.8. The fourth-order valence-corrected chi connectivity index (χ4v) is 6.34. The van der Waals surface area contributed by atoms with Crippen molar-refractivity contribution < 1.29 is 0 Å². The van der Waals surface area contributed by atoms with Crippen LogP contribution >= 0.6 is 0 Å². The molecule has 0 saturated heterocycles. The Morgan fingerprint density at radius 2 is 0.615 bits per heavy atom. The van der Waals surface area contributed by atoms with E-state index < -0.39 is 0 Å². The third kappa shape index (κ3) is 21.7. The summed E-state index contributed by atoms with van der Waals surface area (Å²) in [5.74, 6) is 0. The minimum absolute atomic E-state index is 0.641. The molecule has 0 aromatic rings. The van der Waals surface area contributed by atoms with Gasteiger partial charge in [-0.3, -0.25) is 0 Å². The van der Waals surface area contributed by atoms with Crippen LogP contribution in [0, 0.1) is 0 Å². The Labute approximate surface area is 248 Å². The highest BCUT2D eigenvalue weighted by atomic mass is 15.4. The van der Waals surface area contributed by atoms with Crippen molar-refractivity contribution in [3.8, 4) is 0 Å². The molecule has 232 valence electrons. The van der Waals surface area contributed by atoms with E-state index in [1.165, 1.54) is 199 Å². The first kappa shape index (κ1) is 36.4. The fourth-order valence-electron chi connectivity index (χ4n) is 6.34. The predicted molar refractivity (Wildman–Crippen MR) is 177 cm³/mol. The van der Waals surface area contributed by atoms with Gasteiger partial charge in [0.25, 0.3) is 0 Å². The molecule has 0 spiro atoms. The molecule has 1 rings (SSSR count). The molecule has 0 bridgehead atoms. The van der Waals surface area contributed by atoms with E-state index >= 15 is 0 Å². The maximum Gasteiger partial charge on any atom is 0.101 e. The van der Waals surface area contributed by atoms with Crippen LogP contribution in [0.4, 0.5) is 0 Å². The van der Waals surface area contributed by atoms with Gasteiger partial charge in [-0.25, -0.2) is 0 Å². The molecule has 1 aliphatic heterocycles. The van der Waals surface area contributed by atoms with Gasteiger partial charge in [0.2, 0.25) is 0 Å². The second kappa shape index (κ2) is 28.9. The lowest BCUT2D eigenvalue weighted by Crippen LogP contribution is -2.39. The second-order valence-corrected chi connectivity index (χ2v) is 12.9. The molecule has 0 aromatic carbocycles. The van der Waals surface area contributed by atoms with Crippen molar-refractivity contribution in [1.82, 2.24) is 9.80 Å². The summed E-state index contributed by atoms with van der Waals surface area (Å²) in [5.41, 5.74) is 0. The summed E-state index contributed by atoms with van der Waals surface area (Å²) in [6.45, 7) is 9.45. The van der Waals surface area contributed by atoms with Crippen molar-refractivity contribution in [2.24, 2.45) is 0 Å².